The topological polar surface area (TPSA) is 329 Å². The van der Waals surface area contributed by atoms with Crippen LogP contribution in [0.4, 0.5) is 9.59 Å². The van der Waals surface area contributed by atoms with Crippen LogP contribution in [-0.4, -0.2) is 290 Å². The lowest BCUT2D eigenvalue weighted by Crippen LogP contribution is -2.60. The van der Waals surface area contributed by atoms with Gasteiger partial charge in [-0.2, -0.15) is 0 Å². The molecule has 0 radical (unpaired) electrons. The first-order valence-corrected chi connectivity index (χ1v) is 40.1. The standard InChI is InChI=1S/C40H66N4O10.C39H64N4O11.CH2Cl2/c1-10-18-49-19-20-50-21-22-51-23-24-52-25-26-53-32-27-29-14-11-12-15-30(29)33(32)41-36(46)31-16-13-17-44(31)37(47)34(39(3,4)5)42-35(45)28(2)43(9)38(48)54-40(6,7)8;1-27(42(8)37(48)54-39(5,6)7)34(45)41-33(38(2,3)4)36(47)43-15-11-14-30(43)35(46)40-32-29-13-10-9-12-28(29)26-31(32)53-25-24-52-23-22-51-21-20-50-19-18-49-17-16-44;2-1-3/h11-12,14-15,28,31-34H,10,13,16-27H2,1-9H3,(H,41,46)(H,42,45);9-10,12-13,27,30-33,44H,11,14-26H2,1-8H3,(H,40,46)(H,41,45);1H2/t28-,31-,32+,33-,34+;27-,30-,31+,32-,33+;/m00./s1. The number of carbonyl (C=O) groups is 8. The van der Waals surface area contributed by atoms with Gasteiger partial charge in [0.15, 0.2) is 0 Å². The zero-order chi connectivity index (χ0) is 82.5. The number of benzene rings is 2. The second-order valence-electron chi connectivity index (χ2n) is 31.8. The Hall–Kier alpha value is -6.06. The van der Waals surface area contributed by atoms with Crippen LogP contribution in [0.2, 0.25) is 0 Å². The van der Waals surface area contributed by atoms with Crippen LogP contribution in [0.15, 0.2) is 48.5 Å². The van der Waals surface area contributed by atoms with Gasteiger partial charge in [-0.1, -0.05) is 97.0 Å². The van der Waals surface area contributed by atoms with E-state index in [9.17, 15) is 38.4 Å². The summed E-state index contributed by atoms with van der Waals surface area (Å²) < 4.78 is 67.3. The molecule has 632 valence electrons. The van der Waals surface area contributed by atoms with E-state index in [1.54, 1.807) is 65.2 Å². The van der Waals surface area contributed by atoms with E-state index in [-0.39, 0.29) is 47.8 Å². The number of fused-ring (bicyclic) bond motifs is 2. The Bertz CT molecular complexity index is 2930. The number of likely N-dealkylation sites (N-methyl/N-ethyl adjacent to an activating group) is 2. The summed E-state index contributed by atoms with van der Waals surface area (Å²) in [6.07, 6.45) is 2.60. The molecule has 2 aromatic rings. The number of carbonyl (C=O) groups excluding carboxylic acids is 8. The normalized spacial score (nSPS) is 19.2. The van der Waals surface area contributed by atoms with Crippen molar-refractivity contribution in [2.24, 2.45) is 10.8 Å². The molecule has 2 aliphatic heterocycles. The summed E-state index contributed by atoms with van der Waals surface area (Å²) in [5, 5.41) is 21.1. The molecule has 2 aromatic carbocycles. The molecule has 111 heavy (non-hydrogen) atoms. The fourth-order valence-electron chi connectivity index (χ4n) is 12.6. The lowest BCUT2D eigenvalue weighted by Gasteiger charge is -2.37. The van der Waals surface area contributed by atoms with E-state index in [2.05, 4.69) is 28.2 Å². The van der Waals surface area contributed by atoms with E-state index >= 15 is 0 Å². The smallest absolute Gasteiger partial charge is 0.410 e. The third kappa shape index (κ3) is 34.1. The number of hydrogen-bond donors (Lipinski definition) is 5. The molecule has 5 N–H and O–H groups in total. The lowest BCUT2D eigenvalue weighted by molar-refractivity contribution is -0.144. The quantitative estimate of drug-likeness (QED) is 0.0310. The second-order valence-corrected chi connectivity index (χ2v) is 32.7. The predicted molar refractivity (Wildman–Crippen MR) is 421 cm³/mol. The van der Waals surface area contributed by atoms with Gasteiger partial charge in [0.2, 0.25) is 35.4 Å². The average molecular weight is 1610 g/mol. The Morgan fingerprint density at radius 1 is 0.477 bits per heavy atom. The summed E-state index contributed by atoms with van der Waals surface area (Å²) in [5.41, 5.74) is 1.32. The van der Waals surface area contributed by atoms with Crippen LogP contribution < -0.4 is 21.3 Å². The molecule has 2 fully saturated rings. The van der Waals surface area contributed by atoms with Crippen molar-refractivity contribution in [3.05, 3.63) is 70.8 Å². The molecule has 0 saturated carbocycles. The van der Waals surface area contributed by atoms with Crippen LogP contribution in [0.5, 0.6) is 0 Å². The van der Waals surface area contributed by atoms with Crippen LogP contribution in [0, 0.1) is 10.8 Å². The van der Waals surface area contributed by atoms with Crippen LogP contribution in [0.3, 0.4) is 0 Å². The van der Waals surface area contributed by atoms with Crippen molar-refractivity contribution >= 4 is 70.8 Å². The molecule has 31 heteroatoms. The Morgan fingerprint density at radius 3 is 1.07 bits per heavy atom. The lowest BCUT2D eigenvalue weighted by atomic mass is 9.85. The van der Waals surface area contributed by atoms with Crippen molar-refractivity contribution in [1.29, 1.82) is 0 Å². The number of amides is 8. The molecule has 6 rings (SSSR count). The van der Waals surface area contributed by atoms with Crippen LogP contribution in [0.1, 0.15) is 170 Å². The van der Waals surface area contributed by atoms with E-state index in [1.807, 2.05) is 90.1 Å². The first-order chi connectivity index (χ1) is 52.5. The van der Waals surface area contributed by atoms with Crippen molar-refractivity contribution in [3.8, 4) is 0 Å². The number of ether oxygens (including phenoxy) is 12. The molecule has 2 saturated heterocycles. The minimum absolute atomic E-state index is 0.00804. The Morgan fingerprint density at radius 2 is 0.775 bits per heavy atom. The van der Waals surface area contributed by atoms with Crippen LogP contribution >= 0.6 is 23.2 Å². The molecule has 0 spiro atoms. The van der Waals surface area contributed by atoms with E-state index in [0.29, 0.717) is 164 Å². The number of nitrogens with one attached hydrogen (secondary N) is 4. The van der Waals surface area contributed by atoms with Crippen LogP contribution in [-0.2, 0) is 98.5 Å². The highest BCUT2D eigenvalue weighted by atomic mass is 35.5. The summed E-state index contributed by atoms with van der Waals surface area (Å²) in [6, 6.07) is 9.92. The fourth-order valence-corrected chi connectivity index (χ4v) is 12.6. The van der Waals surface area contributed by atoms with Crippen molar-refractivity contribution in [3.63, 3.8) is 0 Å². The summed E-state index contributed by atoms with van der Waals surface area (Å²) in [6.45, 7) is 35.6. The van der Waals surface area contributed by atoms with Crippen molar-refractivity contribution < 1.29 is 100 Å². The third-order valence-electron chi connectivity index (χ3n) is 18.7. The number of nitrogens with zero attached hydrogens (tertiary/aromatic N) is 4. The maximum absolute atomic E-state index is 14.2. The monoisotopic (exact) mass is 1610 g/mol. The number of hydrogen-bond acceptors (Lipinski definition) is 21. The Balaban J connectivity index is 0.000000452. The van der Waals surface area contributed by atoms with Gasteiger partial charge in [0.05, 0.1) is 149 Å². The summed E-state index contributed by atoms with van der Waals surface area (Å²) in [5.74, 6) is -2.23. The molecule has 29 nitrogen and oxygen atoms in total. The van der Waals surface area contributed by atoms with E-state index < -0.39 is 94.4 Å². The molecule has 0 unspecified atom stereocenters. The molecule has 8 amide bonds. The fraction of sp³-hybridized carbons (Fsp3) is 0.750. The Kier molecular flexibility index (Phi) is 43.5. The first kappa shape index (κ1) is 97.3. The predicted octanol–water partition coefficient (Wildman–Crippen LogP) is 8.08. The van der Waals surface area contributed by atoms with Gasteiger partial charge in [-0.25, -0.2) is 9.59 Å². The number of alkyl halides is 2. The zero-order valence-corrected chi connectivity index (χ0v) is 70.6. The van der Waals surface area contributed by atoms with E-state index in [4.69, 9.17) is 85.2 Å². The molecular formula is C80H132Cl2N8O21. The van der Waals surface area contributed by atoms with Gasteiger partial charge in [-0.15, -0.1) is 23.2 Å². The largest absolute Gasteiger partial charge is 0.444 e. The van der Waals surface area contributed by atoms with Crippen molar-refractivity contribution in [2.75, 3.05) is 158 Å². The van der Waals surface area contributed by atoms with Crippen molar-refractivity contribution in [1.82, 2.24) is 40.9 Å². The molecular weight excluding hydrogens is 1480 g/mol. The molecule has 2 heterocycles. The maximum Gasteiger partial charge on any atom is 0.410 e. The highest BCUT2D eigenvalue weighted by Gasteiger charge is 2.47. The maximum atomic E-state index is 14.2. The molecule has 0 bridgehead atoms. The molecule has 2 aliphatic carbocycles. The highest BCUT2D eigenvalue weighted by molar-refractivity contribution is 6.40. The van der Waals surface area contributed by atoms with Crippen molar-refractivity contribution in [2.45, 2.75) is 221 Å². The van der Waals surface area contributed by atoms with Gasteiger partial charge >= 0.3 is 12.2 Å². The van der Waals surface area contributed by atoms with Gasteiger partial charge in [0, 0.05) is 46.6 Å². The highest BCUT2D eigenvalue weighted by Crippen LogP contribution is 2.37. The number of aliphatic hydroxyl groups is 1. The average Bonchev–Trinajstić information content (AvgIpc) is 1.62. The van der Waals surface area contributed by atoms with Crippen LogP contribution in [0.25, 0.3) is 0 Å². The van der Waals surface area contributed by atoms with Gasteiger partial charge < -0.3 is 93.0 Å². The minimum atomic E-state index is -0.946. The number of rotatable bonds is 42. The van der Waals surface area contributed by atoms with E-state index in [1.165, 1.54) is 23.9 Å². The second kappa shape index (κ2) is 49.7. The summed E-state index contributed by atoms with van der Waals surface area (Å²) in [7, 11) is 2.97. The van der Waals surface area contributed by atoms with Gasteiger partial charge in [-0.05, 0) is 121 Å². The minimum Gasteiger partial charge on any atom is -0.444 e. The number of halogens is 2. The number of likely N-dealkylation sites (tertiary alicyclic amines) is 2. The van der Waals surface area contributed by atoms with Gasteiger partial charge in [-0.3, -0.25) is 38.6 Å². The number of aliphatic hydroxyl groups excluding tert-OH is 1. The molecule has 0 aromatic heterocycles. The van der Waals surface area contributed by atoms with E-state index in [0.717, 1.165) is 35.3 Å². The summed E-state index contributed by atoms with van der Waals surface area (Å²) >= 11 is 9.53. The SMILES string of the molecule is CCCOCCOCCOCCOCCO[C@@H]1Cc2ccccc2[C@@H]1NC(=O)[C@@H]1CCCN1C(=O)[C@@H](NC(=O)[C@H](C)N(C)C(=O)OC(C)(C)C)C(C)(C)C.C[C@@H](C(=O)N[C@H](C(=O)N1CCC[C@H]1C(=O)N[C@H]1c2ccccc2C[C@H]1OCCOCCOCCOCCOCCO)C(C)(C)C)N(C)C(=O)OC(C)(C)C.ClCCl. The first-order valence-electron chi connectivity index (χ1n) is 39.0. The zero-order valence-electron chi connectivity index (χ0n) is 69.1. The van der Waals surface area contributed by atoms with Gasteiger partial charge in [0.1, 0.15) is 47.5 Å². The Labute approximate surface area is 669 Å². The summed E-state index contributed by atoms with van der Waals surface area (Å²) in [4.78, 5) is 114. The van der Waals surface area contributed by atoms with Gasteiger partial charge in [0.25, 0.3) is 0 Å². The molecule has 10 atom stereocenters. The molecule has 4 aliphatic rings. The third-order valence-corrected chi connectivity index (χ3v) is 18.7.